The van der Waals surface area contributed by atoms with Crippen LogP contribution in [0, 0.1) is 6.92 Å². The van der Waals surface area contributed by atoms with Gasteiger partial charge in [0.05, 0.1) is 7.11 Å². The first kappa shape index (κ1) is 18.3. The molecule has 0 unspecified atom stereocenters. The van der Waals surface area contributed by atoms with Crippen molar-refractivity contribution in [2.24, 2.45) is 0 Å². The molecule has 5 nitrogen and oxygen atoms in total. The molecule has 0 radical (unpaired) electrons. The van der Waals surface area contributed by atoms with E-state index < -0.39 is 0 Å². The molecule has 2 aromatic rings. The monoisotopic (exact) mass is 353 g/mol. The molecular formula is C21H27N3O2. The summed E-state index contributed by atoms with van der Waals surface area (Å²) in [6, 6.07) is 15.9. The molecule has 0 aromatic heterocycles. The fraction of sp³-hybridized carbons (Fsp3) is 0.381. The van der Waals surface area contributed by atoms with Gasteiger partial charge in [0, 0.05) is 50.5 Å². The third-order valence-electron chi connectivity index (χ3n) is 4.82. The molecule has 0 saturated carbocycles. The first-order chi connectivity index (χ1) is 12.7. The number of rotatable bonds is 6. The van der Waals surface area contributed by atoms with Gasteiger partial charge in [0.15, 0.2) is 0 Å². The first-order valence-corrected chi connectivity index (χ1v) is 9.12. The molecule has 5 heteroatoms. The van der Waals surface area contributed by atoms with Crippen LogP contribution < -0.4 is 15.0 Å². The van der Waals surface area contributed by atoms with Crippen molar-refractivity contribution in [3.8, 4) is 5.75 Å². The topological polar surface area (TPSA) is 44.8 Å². The van der Waals surface area contributed by atoms with Crippen molar-refractivity contribution < 1.29 is 9.53 Å². The highest BCUT2D eigenvalue weighted by atomic mass is 16.5. The van der Waals surface area contributed by atoms with Gasteiger partial charge in [0.1, 0.15) is 5.75 Å². The zero-order valence-electron chi connectivity index (χ0n) is 15.6. The number of hydrogen-bond acceptors (Lipinski definition) is 4. The number of anilines is 1. The third kappa shape index (κ3) is 4.76. The van der Waals surface area contributed by atoms with E-state index in [9.17, 15) is 4.79 Å². The van der Waals surface area contributed by atoms with Gasteiger partial charge >= 0.3 is 0 Å². The second-order valence-corrected chi connectivity index (χ2v) is 6.65. The Morgan fingerprint density at radius 2 is 1.81 bits per heavy atom. The van der Waals surface area contributed by atoms with Crippen molar-refractivity contribution in [3.63, 3.8) is 0 Å². The number of amides is 1. The average Bonchev–Trinajstić information content (AvgIpc) is 2.69. The maximum Gasteiger partial charge on any atom is 0.251 e. The zero-order chi connectivity index (χ0) is 18.4. The Hall–Kier alpha value is -2.53. The Labute approximate surface area is 155 Å². The van der Waals surface area contributed by atoms with Crippen LogP contribution in [0.5, 0.6) is 5.75 Å². The number of benzene rings is 2. The van der Waals surface area contributed by atoms with Crippen molar-refractivity contribution in [2.75, 3.05) is 51.3 Å². The van der Waals surface area contributed by atoms with E-state index in [1.165, 1.54) is 11.3 Å². The number of nitrogens with one attached hydrogen (secondary N) is 1. The summed E-state index contributed by atoms with van der Waals surface area (Å²) in [4.78, 5) is 17.0. The summed E-state index contributed by atoms with van der Waals surface area (Å²) < 4.78 is 5.16. The molecule has 26 heavy (non-hydrogen) atoms. The molecule has 1 aliphatic heterocycles. The third-order valence-corrected chi connectivity index (χ3v) is 4.82. The number of piperazine rings is 1. The van der Waals surface area contributed by atoms with Gasteiger partial charge in [-0.2, -0.15) is 0 Å². The Morgan fingerprint density at radius 1 is 1.08 bits per heavy atom. The van der Waals surface area contributed by atoms with Crippen molar-refractivity contribution in [3.05, 3.63) is 59.7 Å². The second-order valence-electron chi connectivity index (χ2n) is 6.65. The molecule has 1 heterocycles. The average molecular weight is 353 g/mol. The Balaban J connectivity index is 1.41. The fourth-order valence-electron chi connectivity index (χ4n) is 3.18. The van der Waals surface area contributed by atoms with Crippen LogP contribution in [0.2, 0.25) is 0 Å². The number of carbonyl (C=O) groups excluding carboxylic acids is 1. The largest absolute Gasteiger partial charge is 0.497 e. The van der Waals surface area contributed by atoms with Crippen LogP contribution in [0.25, 0.3) is 0 Å². The predicted molar refractivity (Wildman–Crippen MR) is 105 cm³/mol. The zero-order valence-corrected chi connectivity index (χ0v) is 15.6. The van der Waals surface area contributed by atoms with Crippen molar-refractivity contribution in [1.29, 1.82) is 0 Å². The molecule has 1 N–H and O–H groups in total. The number of aryl methyl sites for hydroxylation is 1. The van der Waals surface area contributed by atoms with Gasteiger partial charge in [-0.1, -0.05) is 23.8 Å². The van der Waals surface area contributed by atoms with E-state index >= 15 is 0 Å². The molecule has 0 atom stereocenters. The molecule has 1 saturated heterocycles. The first-order valence-electron chi connectivity index (χ1n) is 9.12. The van der Waals surface area contributed by atoms with Crippen LogP contribution in [0.4, 0.5) is 5.69 Å². The molecule has 138 valence electrons. The molecule has 0 spiro atoms. The van der Waals surface area contributed by atoms with Gasteiger partial charge in [-0.3, -0.25) is 9.69 Å². The Kier molecular flexibility index (Phi) is 6.12. The highest BCUT2D eigenvalue weighted by Crippen LogP contribution is 2.17. The summed E-state index contributed by atoms with van der Waals surface area (Å²) in [7, 11) is 1.60. The number of methoxy groups -OCH3 is 1. The maximum absolute atomic E-state index is 12.2. The van der Waals surface area contributed by atoms with E-state index in [2.05, 4.69) is 46.3 Å². The molecule has 2 aromatic carbocycles. The highest BCUT2D eigenvalue weighted by molar-refractivity contribution is 5.94. The van der Waals surface area contributed by atoms with Crippen molar-refractivity contribution in [2.45, 2.75) is 6.92 Å². The van der Waals surface area contributed by atoms with E-state index in [-0.39, 0.29) is 5.91 Å². The summed E-state index contributed by atoms with van der Waals surface area (Å²) in [5.74, 6) is 0.645. The number of nitrogens with zero attached hydrogens (tertiary/aromatic N) is 2. The predicted octanol–water partition coefficient (Wildman–Crippen LogP) is 2.56. The lowest BCUT2D eigenvalue weighted by Gasteiger charge is -2.36. The lowest BCUT2D eigenvalue weighted by atomic mass is 10.2. The fourth-order valence-corrected chi connectivity index (χ4v) is 3.18. The van der Waals surface area contributed by atoms with Gasteiger partial charge in [0.25, 0.3) is 5.91 Å². The summed E-state index contributed by atoms with van der Waals surface area (Å²) in [6.07, 6.45) is 0. The maximum atomic E-state index is 12.2. The van der Waals surface area contributed by atoms with Crippen molar-refractivity contribution in [1.82, 2.24) is 10.2 Å². The normalized spacial score (nSPS) is 14.9. The summed E-state index contributed by atoms with van der Waals surface area (Å²) in [5.41, 5.74) is 3.22. The molecule has 3 rings (SSSR count). The standard InChI is InChI=1S/C21H27N3O2/c1-17-6-8-19(9-7-17)24-14-12-23(13-15-24)11-10-22-21(25)18-4-3-5-20(16-18)26-2/h3-9,16H,10-15H2,1-2H3,(H,22,25). The van der Waals surface area contributed by atoms with Crippen LogP contribution in [0.3, 0.4) is 0 Å². The summed E-state index contributed by atoms with van der Waals surface area (Å²) in [5, 5.41) is 3.00. The molecular weight excluding hydrogens is 326 g/mol. The van der Waals surface area contributed by atoms with Crippen LogP contribution in [-0.2, 0) is 0 Å². The lowest BCUT2D eigenvalue weighted by Crippen LogP contribution is -2.48. The molecule has 0 aliphatic carbocycles. The number of ether oxygens (including phenoxy) is 1. The summed E-state index contributed by atoms with van der Waals surface area (Å²) >= 11 is 0. The number of carbonyl (C=O) groups is 1. The minimum Gasteiger partial charge on any atom is -0.497 e. The van der Waals surface area contributed by atoms with E-state index in [0.29, 0.717) is 17.9 Å². The molecule has 1 amide bonds. The van der Waals surface area contributed by atoms with Crippen LogP contribution >= 0.6 is 0 Å². The van der Waals surface area contributed by atoms with Gasteiger partial charge < -0.3 is 15.0 Å². The summed E-state index contributed by atoms with van der Waals surface area (Å²) in [6.45, 7) is 7.71. The van der Waals surface area contributed by atoms with Crippen molar-refractivity contribution >= 4 is 11.6 Å². The van der Waals surface area contributed by atoms with E-state index in [1.54, 1.807) is 19.2 Å². The minimum atomic E-state index is -0.0535. The Morgan fingerprint density at radius 3 is 2.50 bits per heavy atom. The molecule has 1 fully saturated rings. The quantitative estimate of drug-likeness (QED) is 0.867. The Bertz CT molecular complexity index is 722. The van der Waals surface area contributed by atoms with E-state index in [1.807, 2.05) is 12.1 Å². The molecule has 0 bridgehead atoms. The second kappa shape index (κ2) is 8.72. The van der Waals surface area contributed by atoms with Gasteiger partial charge in [-0.05, 0) is 37.3 Å². The van der Waals surface area contributed by atoms with E-state index in [4.69, 9.17) is 4.74 Å². The van der Waals surface area contributed by atoms with Gasteiger partial charge in [-0.15, -0.1) is 0 Å². The van der Waals surface area contributed by atoms with E-state index in [0.717, 1.165) is 32.7 Å². The smallest absolute Gasteiger partial charge is 0.251 e. The number of hydrogen-bond donors (Lipinski definition) is 1. The van der Waals surface area contributed by atoms with Gasteiger partial charge in [-0.25, -0.2) is 0 Å². The minimum absolute atomic E-state index is 0.0535. The molecule has 1 aliphatic rings. The highest BCUT2D eigenvalue weighted by Gasteiger charge is 2.17. The van der Waals surface area contributed by atoms with Crippen LogP contribution in [0.15, 0.2) is 48.5 Å². The van der Waals surface area contributed by atoms with Gasteiger partial charge in [0.2, 0.25) is 0 Å². The lowest BCUT2D eigenvalue weighted by molar-refractivity contribution is 0.0947. The SMILES string of the molecule is COc1cccc(C(=O)NCCN2CCN(c3ccc(C)cc3)CC2)c1. The van der Waals surface area contributed by atoms with Crippen LogP contribution in [-0.4, -0.2) is 57.2 Å². The van der Waals surface area contributed by atoms with Crippen LogP contribution in [0.1, 0.15) is 15.9 Å².